The van der Waals surface area contributed by atoms with Crippen LogP contribution in [0, 0.1) is 0 Å². The molecule has 2 aromatic rings. The number of rotatable bonds is 2. The SMILES string of the molecule is CC12NC(Cc3ccncc31)c1ccccc12.O=C(O)/C=C/C(=O)O. The summed E-state index contributed by atoms with van der Waals surface area (Å²) in [5.74, 6) is -2.51. The minimum Gasteiger partial charge on any atom is -0.478 e. The summed E-state index contributed by atoms with van der Waals surface area (Å²) in [6, 6.07) is 11.4. The average molecular weight is 338 g/mol. The van der Waals surface area contributed by atoms with Gasteiger partial charge >= 0.3 is 11.9 Å². The van der Waals surface area contributed by atoms with Crippen molar-refractivity contribution in [2.75, 3.05) is 0 Å². The van der Waals surface area contributed by atoms with Crippen LogP contribution < -0.4 is 5.32 Å². The van der Waals surface area contributed by atoms with Gasteiger partial charge in [-0.05, 0) is 41.7 Å². The van der Waals surface area contributed by atoms with E-state index in [1.165, 1.54) is 22.3 Å². The van der Waals surface area contributed by atoms with E-state index < -0.39 is 11.9 Å². The minimum absolute atomic E-state index is 0.0525. The first kappa shape index (κ1) is 16.9. The molecule has 2 atom stereocenters. The van der Waals surface area contributed by atoms with Crippen molar-refractivity contribution >= 4 is 11.9 Å². The number of aliphatic carboxylic acids is 2. The summed E-state index contributed by atoms with van der Waals surface area (Å²) in [4.78, 5) is 23.4. The largest absolute Gasteiger partial charge is 0.478 e. The molecule has 3 heterocycles. The molecule has 0 spiro atoms. The van der Waals surface area contributed by atoms with E-state index >= 15 is 0 Å². The van der Waals surface area contributed by atoms with Crippen molar-refractivity contribution in [2.45, 2.75) is 24.9 Å². The van der Waals surface area contributed by atoms with Gasteiger partial charge in [0, 0.05) is 30.6 Å². The fourth-order valence-corrected chi connectivity index (χ4v) is 3.56. The van der Waals surface area contributed by atoms with Crippen LogP contribution in [-0.2, 0) is 21.5 Å². The maximum absolute atomic E-state index is 9.55. The summed E-state index contributed by atoms with van der Waals surface area (Å²) >= 11 is 0. The quantitative estimate of drug-likeness (QED) is 0.726. The lowest BCUT2D eigenvalue weighted by atomic mass is 9.83. The van der Waals surface area contributed by atoms with Gasteiger partial charge in [0.25, 0.3) is 0 Å². The van der Waals surface area contributed by atoms with E-state index in [1.54, 1.807) is 0 Å². The van der Waals surface area contributed by atoms with Gasteiger partial charge in [-0.2, -0.15) is 0 Å². The number of pyridine rings is 1. The van der Waals surface area contributed by atoms with E-state index in [9.17, 15) is 9.59 Å². The molecule has 1 aromatic carbocycles. The Kier molecular flexibility index (Phi) is 4.37. The third kappa shape index (κ3) is 3.16. The lowest BCUT2D eigenvalue weighted by Crippen LogP contribution is -2.41. The van der Waals surface area contributed by atoms with E-state index in [1.807, 2.05) is 12.4 Å². The van der Waals surface area contributed by atoms with Gasteiger partial charge in [-0.15, -0.1) is 0 Å². The molecule has 25 heavy (non-hydrogen) atoms. The Hall–Kier alpha value is -2.99. The minimum atomic E-state index is -1.26. The van der Waals surface area contributed by atoms with Crippen molar-refractivity contribution < 1.29 is 19.8 Å². The second-order valence-electron chi connectivity index (χ2n) is 6.16. The maximum atomic E-state index is 9.55. The molecule has 2 aliphatic heterocycles. The highest BCUT2D eigenvalue weighted by molar-refractivity contribution is 5.89. The van der Waals surface area contributed by atoms with E-state index in [2.05, 4.69) is 47.6 Å². The predicted molar refractivity (Wildman–Crippen MR) is 91.1 cm³/mol. The number of fused-ring (bicyclic) bond motifs is 7. The van der Waals surface area contributed by atoms with Crippen LogP contribution in [0.3, 0.4) is 0 Å². The highest BCUT2D eigenvalue weighted by atomic mass is 16.4. The van der Waals surface area contributed by atoms with Crippen LogP contribution in [0.1, 0.15) is 35.2 Å². The Morgan fingerprint density at radius 2 is 1.84 bits per heavy atom. The molecule has 0 amide bonds. The number of nitrogens with zero attached hydrogens (tertiary/aromatic N) is 1. The van der Waals surface area contributed by atoms with Crippen LogP contribution in [0.15, 0.2) is 54.9 Å². The fourth-order valence-electron chi connectivity index (χ4n) is 3.56. The summed E-state index contributed by atoms with van der Waals surface area (Å²) in [6.45, 7) is 2.27. The molecule has 1 aromatic heterocycles. The summed E-state index contributed by atoms with van der Waals surface area (Å²) < 4.78 is 0. The van der Waals surface area contributed by atoms with Gasteiger partial charge in [0.2, 0.25) is 0 Å². The Labute approximate surface area is 144 Å². The molecular weight excluding hydrogens is 320 g/mol. The van der Waals surface area contributed by atoms with Gasteiger partial charge < -0.3 is 10.2 Å². The molecular formula is C19H18N2O4. The monoisotopic (exact) mass is 338 g/mol. The molecule has 6 nitrogen and oxygen atoms in total. The second-order valence-corrected chi connectivity index (χ2v) is 6.16. The number of carboxylic acid groups (broad SMARTS) is 2. The Bertz CT molecular complexity index is 833. The van der Waals surface area contributed by atoms with Crippen molar-refractivity contribution in [3.63, 3.8) is 0 Å². The molecule has 6 heteroatoms. The molecule has 0 saturated carbocycles. The first-order valence-electron chi connectivity index (χ1n) is 7.86. The number of carbonyl (C=O) groups is 2. The number of nitrogens with one attached hydrogen (secondary N) is 1. The van der Waals surface area contributed by atoms with E-state index in [0.717, 1.165) is 6.42 Å². The number of benzene rings is 1. The van der Waals surface area contributed by atoms with E-state index in [0.29, 0.717) is 18.2 Å². The van der Waals surface area contributed by atoms with Gasteiger partial charge in [0.05, 0.1) is 5.54 Å². The number of hydrogen-bond donors (Lipinski definition) is 3. The summed E-state index contributed by atoms with van der Waals surface area (Å²) in [6.07, 6.45) is 6.10. The van der Waals surface area contributed by atoms with Crippen LogP contribution in [-0.4, -0.2) is 27.1 Å². The maximum Gasteiger partial charge on any atom is 0.328 e. The molecule has 3 N–H and O–H groups in total. The zero-order valence-electron chi connectivity index (χ0n) is 13.6. The molecule has 0 radical (unpaired) electrons. The van der Waals surface area contributed by atoms with Gasteiger partial charge in [-0.1, -0.05) is 24.3 Å². The summed E-state index contributed by atoms with van der Waals surface area (Å²) in [5, 5.41) is 19.4. The number of aromatic nitrogens is 1. The lowest BCUT2D eigenvalue weighted by molar-refractivity contribution is -0.134. The molecule has 0 fully saturated rings. The van der Waals surface area contributed by atoms with Crippen molar-refractivity contribution in [1.29, 1.82) is 0 Å². The van der Waals surface area contributed by atoms with Gasteiger partial charge in [-0.3, -0.25) is 10.3 Å². The highest BCUT2D eigenvalue weighted by Gasteiger charge is 2.45. The molecule has 2 unspecified atom stereocenters. The first-order chi connectivity index (χ1) is 11.9. The van der Waals surface area contributed by atoms with E-state index in [4.69, 9.17) is 10.2 Å². The Morgan fingerprint density at radius 3 is 2.52 bits per heavy atom. The molecule has 2 bridgehead atoms. The van der Waals surface area contributed by atoms with Crippen LogP contribution in [0.4, 0.5) is 0 Å². The van der Waals surface area contributed by atoms with Crippen LogP contribution in [0.25, 0.3) is 0 Å². The van der Waals surface area contributed by atoms with Gasteiger partial charge in [0.15, 0.2) is 0 Å². The van der Waals surface area contributed by atoms with Crippen LogP contribution >= 0.6 is 0 Å². The predicted octanol–water partition coefficient (Wildman–Crippen LogP) is 2.26. The van der Waals surface area contributed by atoms with Crippen molar-refractivity contribution in [1.82, 2.24) is 10.3 Å². The van der Waals surface area contributed by atoms with Crippen LogP contribution in [0.2, 0.25) is 0 Å². The standard InChI is InChI=1S/C15H14N2.C4H4O4/c1-15-12-5-3-2-4-11(12)14(17-15)8-10-6-7-16-9-13(10)15;5-3(6)1-2-4(7)8/h2-7,9,14,17H,8H2,1H3;1-2H,(H,5,6)(H,7,8)/b;2-1+. The number of carboxylic acids is 2. The normalized spacial score (nSPS) is 22.5. The Balaban J connectivity index is 0.000000197. The molecule has 0 aliphatic carbocycles. The summed E-state index contributed by atoms with van der Waals surface area (Å²) in [5.41, 5.74) is 5.58. The smallest absolute Gasteiger partial charge is 0.328 e. The molecule has 128 valence electrons. The summed E-state index contributed by atoms with van der Waals surface area (Å²) in [7, 11) is 0. The second kappa shape index (κ2) is 6.49. The van der Waals surface area contributed by atoms with Crippen molar-refractivity contribution in [3.05, 3.63) is 77.1 Å². The van der Waals surface area contributed by atoms with E-state index in [-0.39, 0.29) is 5.54 Å². The third-order valence-electron chi connectivity index (χ3n) is 4.58. The third-order valence-corrected chi connectivity index (χ3v) is 4.58. The van der Waals surface area contributed by atoms with Gasteiger partial charge in [0.1, 0.15) is 0 Å². The topological polar surface area (TPSA) is 99.5 Å². The van der Waals surface area contributed by atoms with Crippen LogP contribution in [0.5, 0.6) is 0 Å². The fraction of sp³-hybridized carbons (Fsp3) is 0.211. The first-order valence-corrected chi connectivity index (χ1v) is 7.86. The molecule has 4 rings (SSSR count). The van der Waals surface area contributed by atoms with Crippen molar-refractivity contribution in [2.24, 2.45) is 0 Å². The zero-order chi connectivity index (χ0) is 18.0. The van der Waals surface area contributed by atoms with Crippen molar-refractivity contribution in [3.8, 4) is 0 Å². The molecule has 0 saturated heterocycles. The number of hydrogen-bond acceptors (Lipinski definition) is 4. The lowest BCUT2D eigenvalue weighted by Gasteiger charge is -2.34. The van der Waals surface area contributed by atoms with Gasteiger partial charge in [-0.25, -0.2) is 9.59 Å². The highest BCUT2D eigenvalue weighted by Crippen LogP contribution is 2.47. The average Bonchev–Trinajstić information content (AvgIpc) is 2.83. The zero-order valence-corrected chi connectivity index (χ0v) is 13.6. The Morgan fingerprint density at radius 1 is 1.16 bits per heavy atom. The molecule has 2 aliphatic rings.